The second-order valence-corrected chi connectivity index (χ2v) is 15.7. The maximum absolute atomic E-state index is 13.9. The topological polar surface area (TPSA) is 38.5 Å². The van der Waals surface area contributed by atoms with Gasteiger partial charge in [-0.15, -0.1) is 0 Å². The van der Waals surface area contributed by atoms with Crippen LogP contribution in [0.25, 0.3) is 6.08 Å². The lowest BCUT2D eigenvalue weighted by Gasteiger charge is -2.27. The van der Waals surface area contributed by atoms with Crippen molar-refractivity contribution in [1.82, 2.24) is 0 Å². The Labute approximate surface area is 295 Å². The van der Waals surface area contributed by atoms with Crippen LogP contribution in [-0.4, -0.2) is 23.3 Å². The monoisotopic (exact) mass is 672 g/mol. The normalized spacial score (nSPS) is 16.1. The van der Waals surface area contributed by atoms with Crippen LogP contribution in [0.3, 0.4) is 0 Å². The number of ether oxygens (including phenoxy) is 2. The SMILES string of the molecule is C[N+]1=C(/C=C/C2=C3Oc4cc(OC(=O)c5ccccc5P(c5ccccc5)c5ccccc5)ccc4C=C3CCC2)C(C)(C)c2ccccc21. The van der Waals surface area contributed by atoms with Gasteiger partial charge in [-0.1, -0.05) is 97.1 Å². The molecule has 8 rings (SSSR count). The molecule has 0 radical (unpaired) electrons. The van der Waals surface area contributed by atoms with E-state index in [0.29, 0.717) is 17.1 Å². The smallest absolute Gasteiger partial charge is 0.344 e. The summed E-state index contributed by atoms with van der Waals surface area (Å²) in [6, 6.07) is 43.0. The third-order valence-corrected chi connectivity index (χ3v) is 12.5. The van der Waals surface area contributed by atoms with Crippen molar-refractivity contribution in [3.8, 4) is 11.5 Å². The maximum Gasteiger partial charge on any atom is 0.344 e. The number of para-hydroxylation sites is 1. The first kappa shape index (κ1) is 31.9. The Kier molecular flexibility index (Phi) is 8.42. The quantitative estimate of drug-likeness (QED) is 0.0750. The molecule has 0 unspecified atom stereocenters. The van der Waals surface area contributed by atoms with Gasteiger partial charge in [0, 0.05) is 29.3 Å². The summed E-state index contributed by atoms with van der Waals surface area (Å²) >= 11 is 0. The summed E-state index contributed by atoms with van der Waals surface area (Å²) in [7, 11) is 1.17. The lowest BCUT2D eigenvalue weighted by atomic mass is 9.81. The molecule has 50 heavy (non-hydrogen) atoms. The van der Waals surface area contributed by atoms with E-state index in [9.17, 15) is 4.79 Å². The third-order valence-electron chi connectivity index (χ3n) is 9.99. The van der Waals surface area contributed by atoms with Gasteiger partial charge in [0.05, 0.1) is 11.0 Å². The average molecular weight is 673 g/mol. The highest BCUT2D eigenvalue weighted by Gasteiger charge is 2.42. The molecule has 2 aliphatic heterocycles. The van der Waals surface area contributed by atoms with Crippen LogP contribution in [0.15, 0.2) is 156 Å². The molecule has 0 N–H and O–H groups in total. The van der Waals surface area contributed by atoms with E-state index < -0.39 is 7.92 Å². The zero-order valence-corrected chi connectivity index (χ0v) is 29.5. The average Bonchev–Trinajstić information content (AvgIpc) is 3.34. The van der Waals surface area contributed by atoms with Crippen LogP contribution in [0.5, 0.6) is 11.5 Å². The van der Waals surface area contributed by atoms with Crippen LogP contribution in [0, 0.1) is 0 Å². The van der Waals surface area contributed by atoms with Gasteiger partial charge in [-0.25, -0.2) is 4.79 Å². The number of hydrogen-bond donors (Lipinski definition) is 0. The van der Waals surface area contributed by atoms with Gasteiger partial charge in [0.15, 0.2) is 5.71 Å². The molecule has 0 saturated carbocycles. The molecule has 0 amide bonds. The predicted octanol–water partition coefficient (Wildman–Crippen LogP) is 9.14. The van der Waals surface area contributed by atoms with E-state index in [-0.39, 0.29) is 11.4 Å². The van der Waals surface area contributed by atoms with Crippen LogP contribution in [0.4, 0.5) is 5.69 Å². The van der Waals surface area contributed by atoms with Crippen LogP contribution < -0.4 is 25.4 Å². The molecule has 0 atom stereocenters. The summed E-state index contributed by atoms with van der Waals surface area (Å²) in [5.41, 5.74) is 7.72. The summed E-state index contributed by atoms with van der Waals surface area (Å²) in [4.78, 5) is 13.9. The number of carbonyl (C=O) groups excluding carboxylic acids is 1. The highest BCUT2D eigenvalue weighted by atomic mass is 31.1. The molecule has 2 heterocycles. The largest absolute Gasteiger partial charge is 0.456 e. The van der Waals surface area contributed by atoms with E-state index in [0.717, 1.165) is 35.9 Å². The number of carbonyl (C=O) groups is 1. The summed E-state index contributed by atoms with van der Waals surface area (Å²) in [6.07, 6.45) is 9.72. The number of nitrogens with zero attached hydrogens (tertiary/aromatic N) is 1. The molecule has 0 spiro atoms. The van der Waals surface area contributed by atoms with Crippen molar-refractivity contribution in [2.45, 2.75) is 38.5 Å². The number of esters is 1. The molecule has 5 heteroatoms. The van der Waals surface area contributed by atoms with Crippen molar-refractivity contribution in [3.05, 3.63) is 173 Å². The Balaban J connectivity index is 1.08. The van der Waals surface area contributed by atoms with Crippen molar-refractivity contribution < 1.29 is 18.8 Å². The standard InChI is InChI=1S/C45H39NO3P/c1-45(2)38-22-11-12-23-39(38)46(3)42(45)28-26-31-15-14-16-33-29-32-25-27-34(30-40(32)49-43(31)33)48-44(47)37-21-10-13-24-41(37)50(35-17-6-4-7-18-35)36-19-8-5-9-20-36/h4-13,17-30H,14-16H2,1-3H3/q+1/b28-26+. The fourth-order valence-electron chi connectivity index (χ4n) is 7.48. The van der Waals surface area contributed by atoms with Crippen LogP contribution in [-0.2, 0) is 5.41 Å². The minimum absolute atomic E-state index is 0.0960. The van der Waals surface area contributed by atoms with Gasteiger partial charge in [-0.2, -0.15) is 4.58 Å². The summed E-state index contributed by atoms with van der Waals surface area (Å²) in [6.45, 7) is 4.58. The molecule has 1 aliphatic carbocycles. The highest BCUT2D eigenvalue weighted by molar-refractivity contribution is 7.80. The first-order chi connectivity index (χ1) is 24.4. The number of fused-ring (bicyclic) bond motifs is 3. The fourth-order valence-corrected chi connectivity index (χ4v) is 9.92. The van der Waals surface area contributed by atoms with Gasteiger partial charge in [0.1, 0.15) is 24.3 Å². The van der Waals surface area contributed by atoms with E-state index in [2.05, 4.69) is 123 Å². The number of benzene rings is 5. The van der Waals surface area contributed by atoms with Gasteiger partial charge in [-0.3, -0.25) is 0 Å². The summed E-state index contributed by atoms with van der Waals surface area (Å²) < 4.78 is 15.1. The van der Waals surface area contributed by atoms with Gasteiger partial charge in [-0.05, 0) is 98.4 Å². The second-order valence-electron chi connectivity index (χ2n) is 13.5. The number of allylic oxidation sites excluding steroid dienone is 4. The Morgan fingerprint density at radius 3 is 2.22 bits per heavy atom. The number of hydrogen-bond acceptors (Lipinski definition) is 3. The minimum atomic E-state index is -0.976. The zero-order chi connectivity index (χ0) is 34.2. The molecule has 3 aliphatic rings. The van der Waals surface area contributed by atoms with E-state index in [1.807, 2.05) is 48.5 Å². The Hall–Kier alpha value is -5.31. The fraction of sp³-hybridized carbons (Fsp3) is 0.156. The minimum Gasteiger partial charge on any atom is -0.456 e. The molecular weight excluding hydrogens is 633 g/mol. The summed E-state index contributed by atoms with van der Waals surface area (Å²) in [5.74, 6) is 1.69. The van der Waals surface area contributed by atoms with Crippen molar-refractivity contribution in [2.75, 3.05) is 7.05 Å². The van der Waals surface area contributed by atoms with E-state index in [1.54, 1.807) is 0 Å². The van der Waals surface area contributed by atoms with Crippen molar-refractivity contribution in [3.63, 3.8) is 0 Å². The van der Waals surface area contributed by atoms with Gasteiger partial charge in [0.2, 0.25) is 5.69 Å². The maximum atomic E-state index is 13.9. The van der Waals surface area contributed by atoms with E-state index >= 15 is 0 Å². The third kappa shape index (κ3) is 5.84. The van der Waals surface area contributed by atoms with Crippen LogP contribution >= 0.6 is 7.92 Å². The molecule has 5 aromatic carbocycles. The molecular formula is C45H39NO3P+. The molecule has 246 valence electrons. The molecule has 0 aromatic heterocycles. The predicted molar refractivity (Wildman–Crippen MR) is 205 cm³/mol. The second kappa shape index (κ2) is 13.2. The summed E-state index contributed by atoms with van der Waals surface area (Å²) in [5, 5.41) is 3.32. The zero-order valence-electron chi connectivity index (χ0n) is 28.6. The molecule has 0 bridgehead atoms. The van der Waals surface area contributed by atoms with Gasteiger partial charge in [0.25, 0.3) is 0 Å². The lowest BCUT2D eigenvalue weighted by molar-refractivity contribution is -0.401. The molecule has 4 nitrogen and oxygen atoms in total. The highest BCUT2D eigenvalue weighted by Crippen LogP contribution is 2.43. The first-order valence-corrected chi connectivity index (χ1v) is 18.6. The Bertz CT molecular complexity index is 2210. The Morgan fingerprint density at radius 2 is 1.48 bits per heavy atom. The molecule has 5 aromatic rings. The molecule has 0 saturated heterocycles. The van der Waals surface area contributed by atoms with Crippen LogP contribution in [0.2, 0.25) is 0 Å². The van der Waals surface area contributed by atoms with Crippen molar-refractivity contribution in [2.24, 2.45) is 0 Å². The van der Waals surface area contributed by atoms with Crippen molar-refractivity contribution >= 4 is 47.3 Å². The first-order valence-electron chi connectivity index (χ1n) is 17.2. The lowest BCUT2D eigenvalue weighted by Crippen LogP contribution is -2.26. The molecule has 0 fully saturated rings. The van der Waals surface area contributed by atoms with Gasteiger partial charge < -0.3 is 9.47 Å². The van der Waals surface area contributed by atoms with Crippen LogP contribution in [0.1, 0.15) is 54.6 Å². The van der Waals surface area contributed by atoms with E-state index in [1.165, 1.54) is 38.7 Å². The van der Waals surface area contributed by atoms with Crippen molar-refractivity contribution in [1.29, 1.82) is 0 Å². The number of rotatable bonds is 7. The van der Waals surface area contributed by atoms with E-state index in [4.69, 9.17) is 9.47 Å². The Morgan fingerprint density at radius 1 is 0.800 bits per heavy atom. The van der Waals surface area contributed by atoms with Gasteiger partial charge >= 0.3 is 5.97 Å².